The smallest absolute Gasteiger partial charge is 0.146 e. The fourth-order valence-electron chi connectivity index (χ4n) is 1.64. The quantitative estimate of drug-likeness (QED) is 0.868. The van der Waals surface area contributed by atoms with E-state index in [0.717, 1.165) is 5.82 Å². The maximum Gasteiger partial charge on any atom is 0.146 e. The predicted molar refractivity (Wildman–Crippen MR) is 68.4 cm³/mol. The Kier molecular flexibility index (Phi) is 2.80. The van der Waals surface area contributed by atoms with Gasteiger partial charge in [0.1, 0.15) is 23.8 Å². The van der Waals surface area contributed by atoms with Crippen LogP contribution in [-0.4, -0.2) is 16.0 Å². The van der Waals surface area contributed by atoms with Crippen LogP contribution in [0, 0.1) is 5.82 Å². The van der Waals surface area contributed by atoms with Crippen LogP contribution in [0.1, 0.15) is 12.8 Å². The van der Waals surface area contributed by atoms with E-state index in [-0.39, 0.29) is 5.82 Å². The third-order valence-corrected chi connectivity index (χ3v) is 2.73. The van der Waals surface area contributed by atoms with Gasteiger partial charge in [-0.3, -0.25) is 0 Å². The molecule has 3 rings (SSSR count). The number of halogens is 1. The van der Waals surface area contributed by atoms with Gasteiger partial charge in [-0.25, -0.2) is 14.4 Å². The maximum atomic E-state index is 13.5. The van der Waals surface area contributed by atoms with Gasteiger partial charge in [-0.15, -0.1) is 0 Å². The van der Waals surface area contributed by atoms with Crippen LogP contribution in [0.4, 0.5) is 21.7 Å². The van der Waals surface area contributed by atoms with Crippen molar-refractivity contribution in [2.24, 2.45) is 0 Å². The van der Waals surface area contributed by atoms with Crippen LogP contribution in [0.5, 0.6) is 0 Å². The van der Waals surface area contributed by atoms with E-state index in [2.05, 4.69) is 20.6 Å². The molecule has 0 unspecified atom stereocenters. The molecular weight excluding hydrogens is 231 g/mol. The Bertz CT molecular complexity index is 554. The lowest BCUT2D eigenvalue weighted by Crippen LogP contribution is -2.04. The third-order valence-electron chi connectivity index (χ3n) is 2.73. The van der Waals surface area contributed by atoms with Crippen molar-refractivity contribution in [3.8, 4) is 0 Å². The second-order valence-electron chi connectivity index (χ2n) is 4.31. The zero-order valence-corrected chi connectivity index (χ0v) is 9.73. The van der Waals surface area contributed by atoms with Crippen LogP contribution >= 0.6 is 0 Å². The van der Waals surface area contributed by atoms with E-state index in [9.17, 15) is 4.39 Å². The summed E-state index contributed by atoms with van der Waals surface area (Å²) in [5.74, 6) is 1.05. The number of anilines is 3. The standard InChI is InChI=1S/C13H13FN4/c14-10-3-1-2-4-11(10)18-13-7-12(15-8-16-13)17-9-5-6-9/h1-4,7-9H,5-6H2,(H2,15,16,17,18). The maximum absolute atomic E-state index is 13.5. The Morgan fingerprint density at radius 2 is 1.89 bits per heavy atom. The highest BCUT2D eigenvalue weighted by atomic mass is 19.1. The first-order chi connectivity index (χ1) is 8.81. The van der Waals surface area contributed by atoms with Crippen LogP contribution in [0.25, 0.3) is 0 Å². The molecule has 1 aromatic carbocycles. The molecule has 0 bridgehead atoms. The normalized spacial score (nSPS) is 14.3. The van der Waals surface area contributed by atoms with Crippen molar-refractivity contribution >= 4 is 17.3 Å². The number of nitrogens with zero attached hydrogens (tertiary/aromatic N) is 2. The Labute approximate surface area is 104 Å². The first-order valence-electron chi connectivity index (χ1n) is 5.91. The van der Waals surface area contributed by atoms with Crippen molar-refractivity contribution in [1.82, 2.24) is 9.97 Å². The number of rotatable bonds is 4. The molecule has 1 heterocycles. The van der Waals surface area contributed by atoms with E-state index in [1.807, 2.05) is 0 Å². The average Bonchev–Trinajstić information content (AvgIpc) is 3.17. The summed E-state index contributed by atoms with van der Waals surface area (Å²) in [5.41, 5.74) is 0.411. The molecule has 0 amide bonds. The molecule has 0 saturated heterocycles. The summed E-state index contributed by atoms with van der Waals surface area (Å²) in [7, 11) is 0. The highest BCUT2D eigenvalue weighted by Crippen LogP contribution is 2.25. The van der Waals surface area contributed by atoms with Crippen LogP contribution in [0.15, 0.2) is 36.7 Å². The van der Waals surface area contributed by atoms with Gasteiger partial charge in [-0.05, 0) is 25.0 Å². The van der Waals surface area contributed by atoms with E-state index in [1.165, 1.54) is 25.2 Å². The van der Waals surface area contributed by atoms with Gasteiger partial charge >= 0.3 is 0 Å². The van der Waals surface area contributed by atoms with Crippen LogP contribution in [0.3, 0.4) is 0 Å². The van der Waals surface area contributed by atoms with Crippen molar-refractivity contribution < 1.29 is 4.39 Å². The SMILES string of the molecule is Fc1ccccc1Nc1cc(NC2CC2)ncn1. The first kappa shape index (κ1) is 11.0. The summed E-state index contributed by atoms with van der Waals surface area (Å²) < 4.78 is 13.5. The van der Waals surface area contributed by atoms with Gasteiger partial charge in [0.25, 0.3) is 0 Å². The summed E-state index contributed by atoms with van der Waals surface area (Å²) in [6.45, 7) is 0. The lowest BCUT2D eigenvalue weighted by molar-refractivity contribution is 0.632. The fourth-order valence-corrected chi connectivity index (χ4v) is 1.64. The molecule has 0 aliphatic heterocycles. The number of hydrogen-bond donors (Lipinski definition) is 2. The molecule has 1 aliphatic carbocycles. The minimum atomic E-state index is -0.298. The fraction of sp³-hybridized carbons (Fsp3) is 0.231. The molecule has 1 saturated carbocycles. The number of hydrogen-bond acceptors (Lipinski definition) is 4. The van der Waals surface area contributed by atoms with Gasteiger partial charge < -0.3 is 10.6 Å². The second kappa shape index (κ2) is 4.60. The van der Waals surface area contributed by atoms with Crippen molar-refractivity contribution in [2.75, 3.05) is 10.6 Å². The van der Waals surface area contributed by atoms with Crippen LogP contribution < -0.4 is 10.6 Å². The van der Waals surface area contributed by atoms with Crippen molar-refractivity contribution in [1.29, 1.82) is 0 Å². The highest BCUT2D eigenvalue weighted by Gasteiger charge is 2.21. The molecular formula is C13H13FN4. The first-order valence-corrected chi connectivity index (χ1v) is 5.91. The van der Waals surface area contributed by atoms with E-state index in [0.29, 0.717) is 17.5 Å². The Morgan fingerprint density at radius 1 is 1.11 bits per heavy atom. The molecule has 2 aromatic rings. The molecule has 2 N–H and O–H groups in total. The second-order valence-corrected chi connectivity index (χ2v) is 4.31. The molecule has 0 radical (unpaired) electrons. The molecule has 1 aliphatic rings. The van der Waals surface area contributed by atoms with Gasteiger partial charge in [0.05, 0.1) is 5.69 Å². The molecule has 1 fully saturated rings. The van der Waals surface area contributed by atoms with Crippen LogP contribution in [-0.2, 0) is 0 Å². The molecule has 0 atom stereocenters. The van der Waals surface area contributed by atoms with E-state index >= 15 is 0 Å². The Hall–Kier alpha value is -2.17. The largest absolute Gasteiger partial charge is 0.367 e. The minimum Gasteiger partial charge on any atom is -0.367 e. The number of benzene rings is 1. The monoisotopic (exact) mass is 244 g/mol. The predicted octanol–water partition coefficient (Wildman–Crippen LogP) is 2.93. The summed E-state index contributed by atoms with van der Waals surface area (Å²) in [5, 5.41) is 6.21. The molecule has 5 heteroatoms. The lowest BCUT2D eigenvalue weighted by atomic mass is 10.3. The summed E-state index contributed by atoms with van der Waals surface area (Å²) in [4.78, 5) is 8.20. The molecule has 18 heavy (non-hydrogen) atoms. The summed E-state index contributed by atoms with van der Waals surface area (Å²) in [6, 6.07) is 8.82. The zero-order valence-electron chi connectivity index (χ0n) is 9.73. The van der Waals surface area contributed by atoms with Crippen molar-refractivity contribution in [2.45, 2.75) is 18.9 Å². The van der Waals surface area contributed by atoms with E-state index in [4.69, 9.17) is 0 Å². The Morgan fingerprint density at radius 3 is 2.67 bits per heavy atom. The van der Waals surface area contributed by atoms with E-state index < -0.39 is 0 Å². The minimum absolute atomic E-state index is 0.298. The molecule has 0 spiro atoms. The van der Waals surface area contributed by atoms with Crippen molar-refractivity contribution in [3.05, 3.63) is 42.5 Å². The van der Waals surface area contributed by atoms with Gasteiger partial charge in [0.2, 0.25) is 0 Å². The molecule has 4 nitrogen and oxygen atoms in total. The van der Waals surface area contributed by atoms with Crippen molar-refractivity contribution in [3.63, 3.8) is 0 Å². The van der Waals surface area contributed by atoms with Gasteiger partial charge in [-0.1, -0.05) is 12.1 Å². The topological polar surface area (TPSA) is 49.8 Å². The number of nitrogens with one attached hydrogen (secondary N) is 2. The number of aromatic nitrogens is 2. The summed E-state index contributed by atoms with van der Waals surface area (Å²) >= 11 is 0. The highest BCUT2D eigenvalue weighted by molar-refractivity contribution is 5.59. The average molecular weight is 244 g/mol. The van der Waals surface area contributed by atoms with Gasteiger partial charge in [0, 0.05) is 12.1 Å². The van der Waals surface area contributed by atoms with Gasteiger partial charge in [-0.2, -0.15) is 0 Å². The summed E-state index contributed by atoms with van der Waals surface area (Å²) in [6.07, 6.45) is 3.83. The zero-order chi connectivity index (χ0) is 12.4. The lowest BCUT2D eigenvalue weighted by Gasteiger charge is -2.08. The number of para-hydroxylation sites is 1. The van der Waals surface area contributed by atoms with Crippen LogP contribution in [0.2, 0.25) is 0 Å². The Balaban J connectivity index is 1.77. The third kappa shape index (κ3) is 2.56. The van der Waals surface area contributed by atoms with Gasteiger partial charge in [0.15, 0.2) is 0 Å². The molecule has 92 valence electrons. The molecule has 1 aromatic heterocycles. The van der Waals surface area contributed by atoms with E-state index in [1.54, 1.807) is 24.3 Å².